The molecule has 2 atom stereocenters. The van der Waals surface area contributed by atoms with Crippen molar-refractivity contribution in [2.45, 2.75) is 13.0 Å². The van der Waals surface area contributed by atoms with E-state index >= 15 is 0 Å². The molecule has 1 aromatic rings. The Hall–Kier alpha value is -1.84. The van der Waals surface area contributed by atoms with Crippen LogP contribution in [-0.4, -0.2) is 26.8 Å². The molecule has 0 bridgehead atoms. The summed E-state index contributed by atoms with van der Waals surface area (Å²) < 4.78 is 28.1. The topological polar surface area (TPSA) is 116 Å². The van der Waals surface area contributed by atoms with Crippen molar-refractivity contribution in [2.24, 2.45) is 0 Å². The van der Waals surface area contributed by atoms with Crippen LogP contribution in [0.2, 0.25) is 0 Å². The summed E-state index contributed by atoms with van der Waals surface area (Å²) in [5.41, 5.74) is -0.295. The van der Waals surface area contributed by atoms with E-state index in [4.69, 9.17) is 4.55 Å². The van der Waals surface area contributed by atoms with Crippen LogP contribution >= 0.6 is 0 Å². The summed E-state index contributed by atoms with van der Waals surface area (Å²) in [5.74, 6) is -0.714. The Morgan fingerprint density at radius 2 is 2.16 bits per heavy atom. The van der Waals surface area contributed by atoms with Crippen molar-refractivity contribution in [1.82, 2.24) is 0 Å². The normalized spacial score (nSPS) is 13.6. The molecule has 0 heterocycles. The van der Waals surface area contributed by atoms with Crippen LogP contribution in [0.3, 0.4) is 0 Å². The fourth-order valence-electron chi connectivity index (χ4n) is 1.47. The van der Waals surface area contributed by atoms with Gasteiger partial charge < -0.3 is 4.74 Å². The summed E-state index contributed by atoms with van der Waals surface area (Å²) in [6.45, 7) is 1.38. The van der Waals surface area contributed by atoms with Crippen LogP contribution in [0.4, 0.5) is 5.69 Å². The lowest BCUT2D eigenvalue weighted by molar-refractivity contribution is -0.386. The predicted molar refractivity (Wildman–Crippen MR) is 64.7 cm³/mol. The van der Waals surface area contributed by atoms with Gasteiger partial charge >= 0.3 is 17.3 Å². The molecule has 2 unspecified atom stereocenters. The number of nitro benzene ring substituents is 1. The number of ether oxygens (including phenoxy) is 1. The van der Waals surface area contributed by atoms with E-state index in [2.05, 4.69) is 8.92 Å². The largest absolute Gasteiger partial charge is 0.465 e. The first-order chi connectivity index (χ1) is 8.86. The molecule has 0 fully saturated rings. The van der Waals surface area contributed by atoms with Crippen LogP contribution in [0, 0.1) is 10.1 Å². The van der Waals surface area contributed by atoms with E-state index in [0.717, 1.165) is 13.2 Å². The smallest absolute Gasteiger partial charge is 0.338 e. The minimum absolute atomic E-state index is 0.00951. The van der Waals surface area contributed by atoms with Crippen molar-refractivity contribution in [3.8, 4) is 0 Å². The summed E-state index contributed by atoms with van der Waals surface area (Å²) in [6.07, 6.45) is -0.974. The van der Waals surface area contributed by atoms with Crippen molar-refractivity contribution in [3.63, 3.8) is 0 Å². The summed E-state index contributed by atoms with van der Waals surface area (Å²) in [4.78, 5) is 21.5. The number of carbonyl (C=O) groups excluding carboxylic acids is 1. The lowest BCUT2D eigenvalue weighted by atomic mass is 10.1. The van der Waals surface area contributed by atoms with Crippen molar-refractivity contribution < 1.29 is 27.4 Å². The quantitative estimate of drug-likeness (QED) is 0.378. The van der Waals surface area contributed by atoms with E-state index < -0.39 is 28.4 Å². The van der Waals surface area contributed by atoms with E-state index in [-0.39, 0.29) is 16.8 Å². The molecule has 8 nitrogen and oxygen atoms in total. The second-order valence-electron chi connectivity index (χ2n) is 3.48. The van der Waals surface area contributed by atoms with Crippen molar-refractivity contribution >= 4 is 23.0 Å². The summed E-state index contributed by atoms with van der Waals surface area (Å²) in [6, 6.07) is 3.62. The molecule has 19 heavy (non-hydrogen) atoms. The Bertz CT molecular complexity index is 531. The average molecular weight is 289 g/mol. The van der Waals surface area contributed by atoms with Gasteiger partial charge in [0.25, 0.3) is 5.69 Å². The number of benzene rings is 1. The summed E-state index contributed by atoms with van der Waals surface area (Å²) >= 11 is -2.55. The molecule has 0 aliphatic heterocycles. The van der Waals surface area contributed by atoms with Gasteiger partial charge in [-0.05, 0) is 19.1 Å². The highest BCUT2D eigenvalue weighted by molar-refractivity contribution is 7.74. The summed E-state index contributed by atoms with van der Waals surface area (Å²) in [7, 11) is 1.16. The third-order valence-corrected chi connectivity index (χ3v) is 2.77. The number of esters is 1. The van der Waals surface area contributed by atoms with Crippen LogP contribution in [-0.2, 0) is 20.3 Å². The molecular formula is C10H11NO7S. The molecule has 1 aromatic carbocycles. The molecule has 0 saturated carbocycles. The Balaban J connectivity index is 3.22. The Morgan fingerprint density at radius 3 is 2.63 bits per heavy atom. The molecule has 1 rings (SSSR count). The third kappa shape index (κ3) is 3.81. The maximum atomic E-state index is 11.3. The Kier molecular flexibility index (Phi) is 5.10. The van der Waals surface area contributed by atoms with Gasteiger partial charge in [-0.15, -0.1) is 0 Å². The van der Waals surface area contributed by atoms with Gasteiger partial charge in [-0.3, -0.25) is 18.9 Å². The zero-order chi connectivity index (χ0) is 14.6. The van der Waals surface area contributed by atoms with Crippen molar-refractivity contribution in [3.05, 3.63) is 39.4 Å². The number of hydrogen-bond acceptors (Lipinski definition) is 6. The third-order valence-electron chi connectivity index (χ3n) is 2.31. The van der Waals surface area contributed by atoms with Gasteiger partial charge in [-0.25, -0.2) is 4.79 Å². The van der Waals surface area contributed by atoms with E-state index in [0.29, 0.717) is 0 Å². The first-order valence-corrected chi connectivity index (χ1v) is 6.04. The van der Waals surface area contributed by atoms with Gasteiger partial charge in [0.1, 0.15) is 6.10 Å². The van der Waals surface area contributed by atoms with E-state index in [1.165, 1.54) is 19.1 Å². The molecule has 0 aliphatic carbocycles. The molecule has 1 N–H and O–H groups in total. The van der Waals surface area contributed by atoms with Crippen LogP contribution in [0.25, 0.3) is 0 Å². The van der Waals surface area contributed by atoms with Crippen LogP contribution in [0.5, 0.6) is 0 Å². The molecule has 0 radical (unpaired) electrons. The van der Waals surface area contributed by atoms with Gasteiger partial charge in [-0.1, -0.05) is 0 Å². The lowest BCUT2D eigenvalue weighted by Crippen LogP contribution is -2.08. The molecule has 0 aliphatic rings. The average Bonchev–Trinajstić information content (AvgIpc) is 2.36. The predicted octanol–water partition coefficient (Wildman–Crippen LogP) is 1.60. The zero-order valence-electron chi connectivity index (χ0n) is 10.1. The Morgan fingerprint density at radius 1 is 1.53 bits per heavy atom. The molecule has 9 heteroatoms. The fraction of sp³-hybridized carbons (Fsp3) is 0.300. The number of nitrogens with zero attached hydrogens (tertiary/aromatic N) is 1. The second kappa shape index (κ2) is 6.36. The molecule has 0 amide bonds. The first-order valence-electron chi connectivity index (χ1n) is 5.01. The lowest BCUT2D eigenvalue weighted by Gasteiger charge is -2.10. The molecule has 0 saturated heterocycles. The summed E-state index contributed by atoms with van der Waals surface area (Å²) in [5, 5.41) is 10.9. The SMILES string of the molecule is COC(=O)c1ccc(C(C)OS(=O)O)c([N+](=O)[O-])c1. The van der Waals surface area contributed by atoms with Gasteiger partial charge in [0, 0.05) is 6.07 Å². The van der Waals surface area contributed by atoms with Crippen LogP contribution in [0.15, 0.2) is 18.2 Å². The minimum Gasteiger partial charge on any atom is -0.465 e. The highest BCUT2D eigenvalue weighted by Crippen LogP contribution is 2.29. The van der Waals surface area contributed by atoms with Crippen molar-refractivity contribution in [1.29, 1.82) is 0 Å². The van der Waals surface area contributed by atoms with E-state index in [9.17, 15) is 19.1 Å². The minimum atomic E-state index is -2.55. The standard InChI is InChI=1S/C10H11NO7S/c1-6(18-19(15)16)8-4-3-7(10(12)17-2)5-9(8)11(13)14/h3-6H,1-2H3,(H,15,16). The van der Waals surface area contributed by atoms with Gasteiger partial charge in [0.2, 0.25) is 0 Å². The maximum absolute atomic E-state index is 11.3. The van der Waals surface area contributed by atoms with Crippen molar-refractivity contribution in [2.75, 3.05) is 7.11 Å². The molecular weight excluding hydrogens is 278 g/mol. The fourth-order valence-corrected chi connectivity index (χ4v) is 1.82. The van der Waals surface area contributed by atoms with E-state index in [1.807, 2.05) is 0 Å². The number of hydrogen-bond donors (Lipinski definition) is 1. The number of rotatable bonds is 5. The maximum Gasteiger partial charge on any atom is 0.338 e. The van der Waals surface area contributed by atoms with Crippen LogP contribution < -0.4 is 0 Å². The number of carbonyl (C=O) groups is 1. The first kappa shape index (κ1) is 15.2. The number of methoxy groups -OCH3 is 1. The van der Waals surface area contributed by atoms with Gasteiger partial charge in [0.05, 0.1) is 23.2 Å². The molecule has 0 aromatic heterocycles. The van der Waals surface area contributed by atoms with Gasteiger partial charge in [-0.2, -0.15) is 4.21 Å². The highest BCUT2D eigenvalue weighted by atomic mass is 32.2. The molecule has 0 spiro atoms. The second-order valence-corrected chi connectivity index (χ2v) is 4.10. The van der Waals surface area contributed by atoms with Gasteiger partial charge in [0.15, 0.2) is 0 Å². The van der Waals surface area contributed by atoms with E-state index in [1.54, 1.807) is 0 Å². The van der Waals surface area contributed by atoms with Crippen LogP contribution in [0.1, 0.15) is 28.9 Å². The monoisotopic (exact) mass is 289 g/mol. The number of nitro groups is 1. The molecule has 104 valence electrons. The Labute approximate surface area is 111 Å². The highest BCUT2D eigenvalue weighted by Gasteiger charge is 2.23. The zero-order valence-corrected chi connectivity index (χ0v) is 10.9.